The molecule has 0 aromatic carbocycles. The largest absolute Gasteiger partial charge is 0.385 e. The van der Waals surface area contributed by atoms with Crippen molar-refractivity contribution in [3.63, 3.8) is 0 Å². The Morgan fingerprint density at radius 3 is 2.69 bits per heavy atom. The molecule has 1 aromatic heterocycles. The first-order valence-corrected chi connectivity index (χ1v) is 6.56. The first-order chi connectivity index (χ1) is 7.69. The quantitative estimate of drug-likeness (QED) is 0.640. The molecule has 0 fully saturated rings. The first kappa shape index (κ1) is 13.6. The molecule has 0 bridgehead atoms. The highest BCUT2D eigenvalue weighted by molar-refractivity contribution is 14.1. The number of nitrogens with zero attached hydrogens (tertiary/aromatic N) is 2. The molecule has 2 N–H and O–H groups in total. The van der Waals surface area contributed by atoms with E-state index >= 15 is 0 Å². The number of methoxy groups -OCH3 is 1. The number of aryl methyl sites for hydroxylation is 2. The molecule has 0 radical (unpaired) electrons. The van der Waals surface area contributed by atoms with E-state index in [9.17, 15) is 0 Å². The van der Waals surface area contributed by atoms with Crippen LogP contribution in [0.1, 0.15) is 31.3 Å². The molecular weight excluding hydrogens is 317 g/mol. The molecule has 0 aliphatic heterocycles. The van der Waals surface area contributed by atoms with E-state index in [0.717, 1.165) is 47.4 Å². The van der Waals surface area contributed by atoms with Crippen molar-refractivity contribution in [3.05, 3.63) is 15.1 Å². The summed E-state index contributed by atoms with van der Waals surface area (Å²) in [5.74, 6) is 1.44. The average Bonchev–Trinajstić information content (AvgIpc) is 2.26. The molecule has 0 amide bonds. The molecule has 0 unspecified atom stereocenters. The highest BCUT2D eigenvalue weighted by atomic mass is 127. The van der Waals surface area contributed by atoms with Gasteiger partial charge in [0.1, 0.15) is 11.6 Å². The van der Waals surface area contributed by atoms with E-state index in [2.05, 4.69) is 39.5 Å². The van der Waals surface area contributed by atoms with E-state index in [0.29, 0.717) is 5.82 Å². The number of hydrogen-bond donors (Lipinski definition) is 1. The summed E-state index contributed by atoms with van der Waals surface area (Å²) in [4.78, 5) is 8.83. The van der Waals surface area contributed by atoms with Gasteiger partial charge in [0.05, 0.1) is 9.26 Å². The van der Waals surface area contributed by atoms with E-state index in [1.54, 1.807) is 7.11 Å². The summed E-state index contributed by atoms with van der Waals surface area (Å²) in [5, 5.41) is 0. The fourth-order valence-electron chi connectivity index (χ4n) is 1.45. The predicted octanol–water partition coefficient (Wildman–Crippen LogP) is 2.19. The maximum absolute atomic E-state index is 5.87. The van der Waals surface area contributed by atoms with Gasteiger partial charge < -0.3 is 10.5 Å². The van der Waals surface area contributed by atoms with Gasteiger partial charge in [0, 0.05) is 20.1 Å². The number of nitrogens with two attached hydrogens (primary N) is 1. The molecule has 0 saturated carbocycles. The number of nitrogen functional groups attached to an aromatic ring is 1. The van der Waals surface area contributed by atoms with E-state index in [-0.39, 0.29) is 0 Å². The van der Waals surface area contributed by atoms with Gasteiger partial charge in [-0.3, -0.25) is 0 Å². The lowest BCUT2D eigenvalue weighted by molar-refractivity contribution is 0.194. The highest BCUT2D eigenvalue weighted by Crippen LogP contribution is 2.18. The number of hydrogen-bond acceptors (Lipinski definition) is 4. The maximum atomic E-state index is 5.87. The maximum Gasteiger partial charge on any atom is 0.140 e. The fourth-order valence-corrected chi connectivity index (χ4v) is 1.97. The van der Waals surface area contributed by atoms with Crippen molar-refractivity contribution in [1.82, 2.24) is 9.97 Å². The van der Waals surface area contributed by atoms with Gasteiger partial charge >= 0.3 is 0 Å². The van der Waals surface area contributed by atoms with Crippen LogP contribution >= 0.6 is 22.6 Å². The molecule has 16 heavy (non-hydrogen) atoms. The molecule has 90 valence electrons. The zero-order chi connectivity index (χ0) is 12.0. The van der Waals surface area contributed by atoms with Crippen LogP contribution in [0.3, 0.4) is 0 Å². The summed E-state index contributed by atoms with van der Waals surface area (Å²) in [6.45, 7) is 2.87. The van der Waals surface area contributed by atoms with Crippen molar-refractivity contribution in [2.75, 3.05) is 19.5 Å². The number of halogens is 1. The highest BCUT2D eigenvalue weighted by Gasteiger charge is 2.08. The van der Waals surface area contributed by atoms with Gasteiger partial charge in [0.25, 0.3) is 0 Å². The summed E-state index contributed by atoms with van der Waals surface area (Å²) in [6.07, 6.45) is 3.79. The average molecular weight is 335 g/mol. The Hall–Kier alpha value is -0.430. The van der Waals surface area contributed by atoms with E-state index in [4.69, 9.17) is 10.5 Å². The van der Waals surface area contributed by atoms with Gasteiger partial charge in [-0.05, 0) is 35.4 Å². The van der Waals surface area contributed by atoms with Crippen LogP contribution in [0.25, 0.3) is 0 Å². The standard InChI is InChI=1S/C11H18IN3O/c1-3-5-8-10(12)11(13)15-9(14-8)6-4-7-16-2/h3-7H2,1-2H3,(H2,13,14,15). The molecule has 1 rings (SSSR count). The van der Waals surface area contributed by atoms with Gasteiger partial charge in [0.2, 0.25) is 0 Å². The minimum Gasteiger partial charge on any atom is -0.385 e. The summed E-state index contributed by atoms with van der Waals surface area (Å²) in [5.41, 5.74) is 6.94. The minimum absolute atomic E-state index is 0.603. The topological polar surface area (TPSA) is 61.0 Å². The van der Waals surface area contributed by atoms with Crippen LogP contribution in [0.5, 0.6) is 0 Å². The van der Waals surface area contributed by atoms with Crippen LogP contribution in [-0.4, -0.2) is 23.7 Å². The summed E-state index contributed by atoms with van der Waals surface area (Å²) in [7, 11) is 1.70. The number of aromatic nitrogens is 2. The molecule has 1 aromatic rings. The molecule has 0 spiro atoms. The second-order valence-corrected chi connectivity index (χ2v) is 4.71. The number of anilines is 1. The third-order valence-corrected chi connectivity index (χ3v) is 3.40. The van der Waals surface area contributed by atoms with Crippen LogP contribution in [0.2, 0.25) is 0 Å². The predicted molar refractivity (Wildman–Crippen MR) is 73.4 cm³/mol. The molecule has 0 aliphatic carbocycles. The zero-order valence-corrected chi connectivity index (χ0v) is 12.0. The van der Waals surface area contributed by atoms with E-state index in [1.807, 2.05) is 0 Å². The normalized spacial score (nSPS) is 10.7. The van der Waals surface area contributed by atoms with Crippen LogP contribution < -0.4 is 5.73 Å². The van der Waals surface area contributed by atoms with Gasteiger partial charge in [-0.25, -0.2) is 9.97 Å². The van der Waals surface area contributed by atoms with E-state index in [1.165, 1.54) is 0 Å². The Morgan fingerprint density at radius 2 is 2.06 bits per heavy atom. The van der Waals surface area contributed by atoms with Crippen LogP contribution in [0.4, 0.5) is 5.82 Å². The summed E-state index contributed by atoms with van der Waals surface area (Å²) < 4.78 is 6.00. The zero-order valence-electron chi connectivity index (χ0n) is 9.79. The smallest absolute Gasteiger partial charge is 0.140 e. The molecule has 1 heterocycles. The van der Waals surface area contributed by atoms with E-state index < -0.39 is 0 Å². The second kappa shape index (κ2) is 7.01. The molecule has 5 heteroatoms. The Labute approximate surface area is 110 Å². The Morgan fingerprint density at radius 1 is 1.31 bits per heavy atom. The molecule has 0 aliphatic rings. The summed E-state index contributed by atoms with van der Waals surface area (Å²) in [6, 6.07) is 0. The van der Waals surface area contributed by atoms with Crippen molar-refractivity contribution < 1.29 is 4.74 Å². The van der Waals surface area contributed by atoms with Gasteiger partial charge in [0.15, 0.2) is 0 Å². The Bertz CT molecular complexity index is 344. The van der Waals surface area contributed by atoms with Crippen molar-refractivity contribution >= 4 is 28.4 Å². The monoisotopic (exact) mass is 335 g/mol. The van der Waals surface area contributed by atoms with Crippen LogP contribution in [0, 0.1) is 3.57 Å². The lowest BCUT2D eigenvalue weighted by Crippen LogP contribution is -2.08. The molecular formula is C11H18IN3O. The number of ether oxygens (including phenoxy) is 1. The van der Waals surface area contributed by atoms with Crippen molar-refractivity contribution in [1.29, 1.82) is 0 Å². The molecule has 0 atom stereocenters. The third-order valence-electron chi connectivity index (χ3n) is 2.23. The van der Waals surface area contributed by atoms with Gasteiger partial charge in [-0.1, -0.05) is 13.3 Å². The first-order valence-electron chi connectivity index (χ1n) is 5.48. The minimum atomic E-state index is 0.603. The number of rotatable bonds is 6. The van der Waals surface area contributed by atoms with Crippen molar-refractivity contribution in [3.8, 4) is 0 Å². The lowest BCUT2D eigenvalue weighted by Gasteiger charge is -2.08. The van der Waals surface area contributed by atoms with Crippen LogP contribution in [0.15, 0.2) is 0 Å². The lowest BCUT2D eigenvalue weighted by atomic mass is 10.2. The van der Waals surface area contributed by atoms with Crippen molar-refractivity contribution in [2.24, 2.45) is 0 Å². The fraction of sp³-hybridized carbons (Fsp3) is 0.636. The van der Waals surface area contributed by atoms with Crippen molar-refractivity contribution in [2.45, 2.75) is 32.6 Å². The Balaban J connectivity index is 2.77. The summed E-state index contributed by atoms with van der Waals surface area (Å²) >= 11 is 2.22. The third kappa shape index (κ3) is 3.86. The van der Waals surface area contributed by atoms with Crippen LogP contribution in [-0.2, 0) is 17.6 Å². The SMILES string of the molecule is CCCc1nc(CCCOC)nc(N)c1I. The molecule has 0 saturated heterocycles. The van der Waals surface area contributed by atoms with Gasteiger partial charge in [-0.15, -0.1) is 0 Å². The second-order valence-electron chi connectivity index (χ2n) is 3.63. The molecule has 4 nitrogen and oxygen atoms in total. The Kier molecular flexibility index (Phi) is 5.97. The van der Waals surface area contributed by atoms with Gasteiger partial charge in [-0.2, -0.15) is 0 Å².